The number of alkyl halides is 3. The molecule has 0 bridgehead atoms. The van der Waals surface area contributed by atoms with Crippen LogP contribution in [0.3, 0.4) is 0 Å². The molecule has 72 valence electrons. The van der Waals surface area contributed by atoms with E-state index in [1.807, 2.05) is 0 Å². The molecule has 1 rings (SSSR count). The van der Waals surface area contributed by atoms with Gasteiger partial charge in [-0.15, -0.1) is 0 Å². The maximum Gasteiger partial charge on any atom is 1.00 e. The van der Waals surface area contributed by atoms with Crippen molar-refractivity contribution in [2.45, 2.75) is 11.2 Å². The summed E-state index contributed by atoms with van der Waals surface area (Å²) >= 11 is -2.59. The number of hydrogen-bond acceptors (Lipinski definition) is 3. The zero-order valence-electron chi connectivity index (χ0n) is 7.04. The molecule has 0 radical (unpaired) electrons. The minimum atomic E-state index is -4.49. The minimum Gasteiger partial charge on any atom is -0.767 e. The van der Waals surface area contributed by atoms with Crippen molar-refractivity contribution in [3.8, 4) is 0 Å². The quantitative estimate of drug-likeness (QED) is 0.418. The number of nitrogens with zero attached hydrogens (tertiary/aromatic N) is 1. The Labute approximate surface area is 92.2 Å². The fraction of sp³-hybridized carbons (Fsp3) is 0.167. The Morgan fingerprint density at radius 1 is 1.36 bits per heavy atom. The maximum absolute atomic E-state index is 11.9. The Morgan fingerprint density at radius 2 is 1.93 bits per heavy atom. The molecule has 0 saturated carbocycles. The van der Waals surface area contributed by atoms with Crippen molar-refractivity contribution < 1.29 is 40.8 Å². The molecule has 0 spiro atoms. The fourth-order valence-electron chi connectivity index (χ4n) is 0.647. The molecular weight excluding hydrogens is 214 g/mol. The summed E-state index contributed by atoms with van der Waals surface area (Å²) < 4.78 is 56.2. The Balaban J connectivity index is 0.00000169. The van der Waals surface area contributed by atoms with Crippen molar-refractivity contribution in [1.82, 2.24) is 4.98 Å². The second kappa shape index (κ2) is 4.93. The molecule has 0 amide bonds. The van der Waals surface area contributed by atoms with Crippen LogP contribution >= 0.6 is 0 Å². The molecule has 14 heavy (non-hydrogen) atoms. The SMILES string of the molecule is O=S([O-])c1ccc(C(F)(F)F)cn1.[Li+]. The number of aromatic nitrogens is 1. The van der Waals surface area contributed by atoms with E-state index < -0.39 is 27.8 Å². The number of halogens is 3. The largest absolute Gasteiger partial charge is 1.00 e. The van der Waals surface area contributed by atoms with Crippen molar-refractivity contribution in [3.05, 3.63) is 23.9 Å². The minimum absolute atomic E-state index is 0. The first-order valence-electron chi connectivity index (χ1n) is 3.04. The van der Waals surface area contributed by atoms with Crippen LogP contribution in [-0.2, 0) is 17.3 Å². The molecule has 8 heteroatoms. The van der Waals surface area contributed by atoms with Crippen LogP contribution in [-0.4, -0.2) is 13.7 Å². The zero-order chi connectivity index (χ0) is 10.1. The van der Waals surface area contributed by atoms with Gasteiger partial charge < -0.3 is 4.55 Å². The second-order valence-corrected chi connectivity index (χ2v) is 3.01. The normalized spacial score (nSPS) is 13.1. The van der Waals surface area contributed by atoms with Crippen LogP contribution in [0, 0.1) is 0 Å². The average molecular weight is 217 g/mol. The number of hydrogen-bond donors (Lipinski definition) is 0. The molecular formula is C6H3F3LiNO2S. The zero-order valence-corrected chi connectivity index (χ0v) is 7.85. The topological polar surface area (TPSA) is 53.0 Å². The first-order valence-corrected chi connectivity index (χ1v) is 4.11. The summed E-state index contributed by atoms with van der Waals surface area (Å²) in [6, 6.07) is 1.46. The molecule has 0 aliphatic rings. The summed E-state index contributed by atoms with van der Waals surface area (Å²) in [5.41, 5.74) is -0.971. The number of pyridine rings is 1. The first kappa shape index (κ1) is 13.6. The second-order valence-electron chi connectivity index (χ2n) is 2.12. The van der Waals surface area contributed by atoms with Crippen molar-refractivity contribution in [2.75, 3.05) is 0 Å². The first-order chi connectivity index (χ1) is 5.91. The third-order valence-electron chi connectivity index (χ3n) is 1.23. The molecule has 1 heterocycles. The summed E-state index contributed by atoms with van der Waals surface area (Å²) in [6.45, 7) is 0. The number of rotatable bonds is 1. The Hall–Kier alpha value is -0.353. The summed E-state index contributed by atoms with van der Waals surface area (Å²) in [6.07, 6.45) is -4.01. The van der Waals surface area contributed by atoms with Crippen LogP contribution in [0.15, 0.2) is 23.4 Å². The third kappa shape index (κ3) is 3.42. The standard InChI is InChI=1S/C6H4F3NO2S.Li/c7-6(8,9)4-1-2-5(10-3-4)13(11)12;/h1-3H,(H,11,12);/q;+1/p-1. The smallest absolute Gasteiger partial charge is 0.767 e. The van der Waals surface area contributed by atoms with Crippen LogP contribution in [0.1, 0.15) is 5.56 Å². The van der Waals surface area contributed by atoms with E-state index in [-0.39, 0.29) is 18.9 Å². The van der Waals surface area contributed by atoms with Gasteiger partial charge in [0.25, 0.3) is 0 Å². The molecule has 0 aliphatic carbocycles. The van der Waals surface area contributed by atoms with Gasteiger partial charge in [0, 0.05) is 6.20 Å². The van der Waals surface area contributed by atoms with E-state index in [9.17, 15) is 21.9 Å². The van der Waals surface area contributed by atoms with Gasteiger partial charge in [-0.25, -0.2) is 4.98 Å². The summed E-state index contributed by atoms with van der Waals surface area (Å²) in [5.74, 6) is 0. The van der Waals surface area contributed by atoms with Gasteiger partial charge in [0.2, 0.25) is 0 Å². The Morgan fingerprint density at radius 3 is 2.21 bits per heavy atom. The van der Waals surface area contributed by atoms with Crippen molar-refractivity contribution in [2.24, 2.45) is 0 Å². The molecule has 0 fully saturated rings. The molecule has 0 aromatic carbocycles. The predicted molar refractivity (Wildman–Crippen MR) is 36.4 cm³/mol. The third-order valence-corrected chi connectivity index (χ3v) is 1.82. The molecule has 1 unspecified atom stereocenters. The maximum atomic E-state index is 11.9. The fourth-order valence-corrected chi connectivity index (χ4v) is 0.964. The van der Waals surface area contributed by atoms with Crippen LogP contribution < -0.4 is 18.9 Å². The van der Waals surface area contributed by atoms with Gasteiger partial charge in [-0.1, -0.05) is 0 Å². The van der Waals surface area contributed by atoms with Gasteiger partial charge in [0.05, 0.1) is 5.56 Å². The van der Waals surface area contributed by atoms with Gasteiger partial charge in [0.15, 0.2) is 0 Å². The van der Waals surface area contributed by atoms with E-state index in [2.05, 4.69) is 4.98 Å². The van der Waals surface area contributed by atoms with E-state index in [0.29, 0.717) is 12.3 Å². The molecule has 0 aliphatic heterocycles. The van der Waals surface area contributed by atoms with E-state index >= 15 is 0 Å². The molecule has 0 N–H and O–H groups in total. The molecule has 0 saturated heterocycles. The Kier molecular flexibility index (Phi) is 4.81. The van der Waals surface area contributed by atoms with E-state index in [0.717, 1.165) is 6.07 Å². The van der Waals surface area contributed by atoms with Gasteiger partial charge >= 0.3 is 25.0 Å². The summed E-state index contributed by atoms with van der Waals surface area (Å²) in [4.78, 5) is 3.11. The average Bonchev–Trinajstić information content (AvgIpc) is 2.03. The van der Waals surface area contributed by atoms with Gasteiger partial charge in [-0.3, -0.25) is 4.21 Å². The molecule has 1 aromatic heterocycles. The Bertz CT molecular complexity index is 327. The van der Waals surface area contributed by atoms with E-state index in [4.69, 9.17) is 0 Å². The van der Waals surface area contributed by atoms with Gasteiger partial charge in [0.1, 0.15) is 5.03 Å². The van der Waals surface area contributed by atoms with Crippen LogP contribution in [0.4, 0.5) is 13.2 Å². The van der Waals surface area contributed by atoms with Crippen LogP contribution in [0.25, 0.3) is 0 Å². The van der Waals surface area contributed by atoms with Crippen molar-refractivity contribution >= 4 is 11.1 Å². The predicted octanol–water partition coefficient (Wildman–Crippen LogP) is -1.66. The summed E-state index contributed by atoms with van der Waals surface area (Å²) in [5, 5.41) is -0.409. The summed E-state index contributed by atoms with van der Waals surface area (Å²) in [7, 11) is 0. The van der Waals surface area contributed by atoms with E-state index in [1.54, 1.807) is 0 Å². The van der Waals surface area contributed by atoms with Crippen LogP contribution in [0.5, 0.6) is 0 Å². The molecule has 1 aromatic rings. The van der Waals surface area contributed by atoms with Crippen molar-refractivity contribution in [3.63, 3.8) is 0 Å². The molecule has 3 nitrogen and oxygen atoms in total. The van der Waals surface area contributed by atoms with Gasteiger partial charge in [-0.05, 0) is 23.2 Å². The van der Waals surface area contributed by atoms with Crippen LogP contribution in [0.2, 0.25) is 0 Å². The van der Waals surface area contributed by atoms with Crippen molar-refractivity contribution in [1.29, 1.82) is 0 Å². The van der Waals surface area contributed by atoms with E-state index in [1.165, 1.54) is 0 Å². The monoisotopic (exact) mass is 217 g/mol. The van der Waals surface area contributed by atoms with Gasteiger partial charge in [-0.2, -0.15) is 13.2 Å². The molecule has 1 atom stereocenters.